The molecule has 0 bridgehead atoms. The van der Waals surface area contributed by atoms with Gasteiger partial charge >= 0.3 is 0 Å². The molecule has 0 saturated carbocycles. The maximum atomic E-state index is 13.2. The third kappa shape index (κ3) is 4.09. The normalized spacial score (nSPS) is 14.4. The van der Waals surface area contributed by atoms with Crippen molar-refractivity contribution in [1.29, 1.82) is 0 Å². The average molecular weight is 434 g/mol. The number of rotatable bonds is 3. The summed E-state index contributed by atoms with van der Waals surface area (Å²) in [7, 11) is 0. The largest absolute Gasteiger partial charge is 0.338 e. The van der Waals surface area contributed by atoms with Crippen LogP contribution in [0.5, 0.6) is 0 Å². The predicted octanol–water partition coefficient (Wildman–Crippen LogP) is 4.07. The molecule has 0 spiro atoms. The number of carbonyl (C=O) groups excluding carboxylic acids is 2. The molecule has 1 aliphatic heterocycles. The van der Waals surface area contributed by atoms with E-state index < -0.39 is 5.82 Å². The minimum Gasteiger partial charge on any atom is -0.338 e. The zero-order chi connectivity index (χ0) is 20.5. The summed E-state index contributed by atoms with van der Waals surface area (Å²) in [5, 5.41) is 1.73. The van der Waals surface area contributed by atoms with Gasteiger partial charge in [0.2, 0.25) is 5.91 Å². The summed E-state index contributed by atoms with van der Waals surface area (Å²) >= 11 is 12.1. The molecule has 0 atom stereocenters. The number of fused-ring (bicyclic) bond motifs is 1. The van der Waals surface area contributed by atoms with E-state index in [0.717, 1.165) is 17.0 Å². The lowest BCUT2D eigenvalue weighted by atomic mass is 10.1. The van der Waals surface area contributed by atoms with Crippen LogP contribution in [0.2, 0.25) is 10.0 Å². The molecule has 29 heavy (non-hydrogen) atoms. The van der Waals surface area contributed by atoms with Gasteiger partial charge in [-0.2, -0.15) is 0 Å². The molecule has 1 aromatic heterocycles. The Morgan fingerprint density at radius 1 is 0.931 bits per heavy atom. The van der Waals surface area contributed by atoms with E-state index in [2.05, 4.69) is 0 Å². The zero-order valence-electron chi connectivity index (χ0n) is 15.4. The van der Waals surface area contributed by atoms with Crippen LogP contribution < -0.4 is 0 Å². The van der Waals surface area contributed by atoms with Gasteiger partial charge in [0.25, 0.3) is 5.91 Å². The number of piperazine rings is 1. The van der Waals surface area contributed by atoms with Crippen molar-refractivity contribution in [3.05, 3.63) is 70.1 Å². The van der Waals surface area contributed by atoms with E-state index in [4.69, 9.17) is 23.2 Å². The molecule has 1 saturated heterocycles. The third-order valence-electron chi connectivity index (χ3n) is 5.12. The van der Waals surface area contributed by atoms with E-state index in [1.165, 1.54) is 12.1 Å². The van der Waals surface area contributed by atoms with Crippen LogP contribution >= 0.6 is 23.2 Å². The van der Waals surface area contributed by atoms with Crippen LogP contribution in [0.1, 0.15) is 10.4 Å². The summed E-state index contributed by atoms with van der Waals surface area (Å²) < 4.78 is 15.1. The second-order valence-electron chi connectivity index (χ2n) is 6.94. The quantitative estimate of drug-likeness (QED) is 0.624. The Bertz CT molecular complexity index is 1090. The number of carbonyl (C=O) groups is 2. The van der Waals surface area contributed by atoms with Crippen molar-refractivity contribution in [2.75, 3.05) is 26.2 Å². The second kappa shape index (κ2) is 8.05. The fraction of sp³-hybridized carbons (Fsp3) is 0.238. The molecular formula is C21H18Cl2FN3O2. The highest BCUT2D eigenvalue weighted by atomic mass is 35.5. The number of benzene rings is 2. The maximum Gasteiger partial charge on any atom is 0.255 e. The second-order valence-corrected chi connectivity index (χ2v) is 7.79. The van der Waals surface area contributed by atoms with Crippen LogP contribution in [0.4, 0.5) is 4.39 Å². The summed E-state index contributed by atoms with van der Waals surface area (Å²) in [6.45, 7) is 1.88. The Balaban J connectivity index is 1.39. The Labute approximate surface area is 177 Å². The summed E-state index contributed by atoms with van der Waals surface area (Å²) in [6, 6.07) is 11.3. The zero-order valence-corrected chi connectivity index (χ0v) is 17.0. The molecule has 150 valence electrons. The van der Waals surface area contributed by atoms with Crippen LogP contribution in [0.3, 0.4) is 0 Å². The number of aromatic nitrogens is 1. The first kappa shape index (κ1) is 19.7. The van der Waals surface area contributed by atoms with Crippen LogP contribution in [0.25, 0.3) is 10.9 Å². The van der Waals surface area contributed by atoms with Gasteiger partial charge < -0.3 is 14.4 Å². The van der Waals surface area contributed by atoms with Crippen molar-refractivity contribution < 1.29 is 14.0 Å². The van der Waals surface area contributed by atoms with Gasteiger partial charge in [0.05, 0.1) is 10.6 Å². The highest BCUT2D eigenvalue weighted by molar-refractivity contribution is 6.33. The van der Waals surface area contributed by atoms with Crippen molar-refractivity contribution in [3.63, 3.8) is 0 Å². The molecule has 8 heteroatoms. The summed E-state index contributed by atoms with van der Waals surface area (Å²) in [4.78, 5) is 28.8. The minimum absolute atomic E-state index is 0.0191. The first-order valence-corrected chi connectivity index (χ1v) is 9.94. The van der Waals surface area contributed by atoms with Gasteiger partial charge in [0.15, 0.2) is 0 Å². The molecule has 2 amide bonds. The van der Waals surface area contributed by atoms with Crippen molar-refractivity contribution in [1.82, 2.24) is 14.4 Å². The van der Waals surface area contributed by atoms with E-state index in [1.54, 1.807) is 9.80 Å². The number of amides is 2. The van der Waals surface area contributed by atoms with Crippen molar-refractivity contribution in [2.45, 2.75) is 6.54 Å². The monoisotopic (exact) mass is 433 g/mol. The molecule has 4 rings (SSSR count). The van der Waals surface area contributed by atoms with E-state index in [9.17, 15) is 14.0 Å². The standard InChI is InChI=1S/C21H18Cl2FN3O2/c22-15-2-1-14-5-6-27(19(14)11-15)13-20(28)25-7-9-26(10-8-25)21(29)17-4-3-16(24)12-18(17)23/h1-6,11-12H,7-10,13H2. The van der Waals surface area contributed by atoms with E-state index in [-0.39, 0.29) is 28.9 Å². The molecule has 0 aliphatic carbocycles. The summed E-state index contributed by atoms with van der Waals surface area (Å²) in [6.07, 6.45) is 1.87. The van der Waals surface area contributed by atoms with Crippen molar-refractivity contribution in [2.24, 2.45) is 0 Å². The van der Waals surface area contributed by atoms with Gasteiger partial charge in [-0.3, -0.25) is 9.59 Å². The molecule has 1 aliphatic rings. The first-order valence-electron chi connectivity index (χ1n) is 9.19. The maximum absolute atomic E-state index is 13.2. The number of hydrogen-bond donors (Lipinski definition) is 0. The van der Waals surface area contributed by atoms with Gasteiger partial charge in [-0.05, 0) is 41.8 Å². The van der Waals surface area contributed by atoms with E-state index in [0.29, 0.717) is 31.2 Å². The number of hydrogen-bond acceptors (Lipinski definition) is 2. The Kier molecular flexibility index (Phi) is 5.48. The van der Waals surface area contributed by atoms with Gasteiger partial charge in [-0.25, -0.2) is 4.39 Å². The third-order valence-corrected chi connectivity index (χ3v) is 5.67. The summed E-state index contributed by atoms with van der Waals surface area (Å²) in [5.41, 5.74) is 1.18. The lowest BCUT2D eigenvalue weighted by molar-refractivity contribution is -0.133. The molecule has 3 aromatic rings. The topological polar surface area (TPSA) is 45.6 Å². The highest BCUT2D eigenvalue weighted by Gasteiger charge is 2.26. The van der Waals surface area contributed by atoms with Crippen molar-refractivity contribution in [3.8, 4) is 0 Å². The van der Waals surface area contributed by atoms with Crippen LogP contribution in [-0.4, -0.2) is 52.4 Å². The fourth-order valence-electron chi connectivity index (χ4n) is 3.53. The number of nitrogens with zero attached hydrogens (tertiary/aromatic N) is 3. The Morgan fingerprint density at radius 3 is 2.38 bits per heavy atom. The van der Waals surface area contributed by atoms with Crippen LogP contribution in [0.15, 0.2) is 48.7 Å². The van der Waals surface area contributed by atoms with Crippen molar-refractivity contribution >= 4 is 45.9 Å². The first-order chi connectivity index (χ1) is 13.9. The lowest BCUT2D eigenvalue weighted by Crippen LogP contribution is -2.51. The molecule has 2 aromatic carbocycles. The lowest BCUT2D eigenvalue weighted by Gasteiger charge is -2.35. The summed E-state index contributed by atoms with van der Waals surface area (Å²) in [5.74, 6) is -0.761. The molecular weight excluding hydrogens is 416 g/mol. The Hall–Kier alpha value is -2.57. The average Bonchev–Trinajstić information content (AvgIpc) is 3.09. The van der Waals surface area contributed by atoms with E-state index in [1.807, 2.05) is 35.0 Å². The van der Waals surface area contributed by atoms with Gasteiger partial charge in [0, 0.05) is 42.9 Å². The smallest absolute Gasteiger partial charge is 0.255 e. The highest BCUT2D eigenvalue weighted by Crippen LogP contribution is 2.22. The molecule has 5 nitrogen and oxygen atoms in total. The minimum atomic E-state index is -0.485. The Morgan fingerprint density at radius 2 is 1.66 bits per heavy atom. The molecule has 1 fully saturated rings. The molecule has 0 N–H and O–H groups in total. The van der Waals surface area contributed by atoms with E-state index >= 15 is 0 Å². The van der Waals surface area contributed by atoms with Gasteiger partial charge in [-0.1, -0.05) is 29.3 Å². The molecule has 0 radical (unpaired) electrons. The number of halogens is 3. The van der Waals surface area contributed by atoms with Gasteiger partial charge in [0.1, 0.15) is 12.4 Å². The SMILES string of the molecule is O=C(Cn1ccc2ccc(Cl)cc21)N1CCN(C(=O)c2ccc(F)cc2Cl)CC1. The fourth-order valence-corrected chi connectivity index (χ4v) is 3.95. The predicted molar refractivity (Wildman–Crippen MR) is 111 cm³/mol. The molecule has 2 heterocycles. The van der Waals surface area contributed by atoms with Crippen LogP contribution in [-0.2, 0) is 11.3 Å². The van der Waals surface area contributed by atoms with Gasteiger partial charge in [-0.15, -0.1) is 0 Å². The van der Waals surface area contributed by atoms with Crippen LogP contribution in [0, 0.1) is 5.82 Å². The molecule has 0 unspecified atom stereocenters.